The van der Waals surface area contributed by atoms with Gasteiger partial charge >= 0.3 is 0 Å². The molecule has 156 valence electrons. The largest absolute Gasteiger partial charge is 0.383 e. The molecule has 30 heavy (non-hydrogen) atoms. The Morgan fingerprint density at radius 3 is 2.77 bits per heavy atom. The number of nitrogens with zero attached hydrogens (tertiary/aromatic N) is 4. The smallest absolute Gasteiger partial charge is 0.244 e. The van der Waals surface area contributed by atoms with Gasteiger partial charge in [-0.15, -0.1) is 0 Å². The van der Waals surface area contributed by atoms with Crippen LogP contribution in [0.1, 0.15) is 5.56 Å². The average molecular weight is 406 g/mol. The number of likely N-dealkylation sites (N-methyl/N-ethyl adjacent to an activating group) is 1. The quantitative estimate of drug-likeness (QED) is 0.525. The average Bonchev–Trinajstić information content (AvgIpc) is 3.22. The third-order valence-corrected chi connectivity index (χ3v) is 4.58. The Bertz CT molecular complexity index is 954. The lowest BCUT2D eigenvalue weighted by Crippen LogP contribution is -2.33. The summed E-state index contributed by atoms with van der Waals surface area (Å²) in [7, 11) is 3.68. The summed E-state index contributed by atoms with van der Waals surface area (Å²) in [6, 6.07) is 13.7. The van der Waals surface area contributed by atoms with Gasteiger partial charge in [-0.05, 0) is 37.4 Å². The molecule has 0 aliphatic rings. The van der Waals surface area contributed by atoms with Crippen LogP contribution < -0.4 is 5.32 Å². The van der Waals surface area contributed by atoms with Crippen LogP contribution in [0.5, 0.6) is 0 Å². The number of carbonyl (C=O) groups excluding carboxylic acids is 1. The van der Waals surface area contributed by atoms with Gasteiger partial charge in [-0.1, -0.05) is 18.2 Å². The zero-order valence-electron chi connectivity index (χ0n) is 17.4. The maximum absolute atomic E-state index is 12.3. The van der Waals surface area contributed by atoms with E-state index in [0.717, 1.165) is 35.6 Å². The summed E-state index contributed by atoms with van der Waals surface area (Å²) in [5.41, 5.74) is 3.47. The minimum atomic E-state index is -0.139. The first-order valence-electron chi connectivity index (χ1n) is 9.86. The van der Waals surface area contributed by atoms with E-state index in [1.165, 1.54) is 0 Å². The first-order valence-corrected chi connectivity index (χ1v) is 9.86. The molecule has 0 bridgehead atoms. The number of methoxy groups -OCH3 is 1. The fourth-order valence-corrected chi connectivity index (χ4v) is 2.90. The van der Waals surface area contributed by atoms with Gasteiger partial charge in [-0.2, -0.15) is 5.10 Å². The van der Waals surface area contributed by atoms with E-state index in [0.29, 0.717) is 13.2 Å². The van der Waals surface area contributed by atoms with Crippen LogP contribution in [-0.2, 0) is 9.53 Å². The van der Waals surface area contributed by atoms with Gasteiger partial charge in [0.1, 0.15) is 5.69 Å². The van der Waals surface area contributed by atoms with Crippen molar-refractivity contribution in [3.8, 4) is 16.9 Å². The van der Waals surface area contributed by atoms with Gasteiger partial charge in [-0.3, -0.25) is 9.78 Å². The molecule has 0 aliphatic carbocycles. The molecule has 3 rings (SSSR count). The van der Waals surface area contributed by atoms with Crippen molar-refractivity contribution in [3.05, 3.63) is 72.7 Å². The molecule has 0 radical (unpaired) electrons. The van der Waals surface area contributed by atoms with Gasteiger partial charge in [-0.25, -0.2) is 4.68 Å². The molecule has 7 heteroatoms. The highest BCUT2D eigenvalue weighted by Gasteiger charge is 2.11. The van der Waals surface area contributed by atoms with Crippen molar-refractivity contribution in [1.29, 1.82) is 0 Å². The Balaban J connectivity index is 1.71. The lowest BCUT2D eigenvalue weighted by atomic mass is 10.1. The molecule has 0 unspecified atom stereocenters. The van der Waals surface area contributed by atoms with E-state index in [1.807, 2.05) is 60.4 Å². The van der Waals surface area contributed by atoms with Crippen molar-refractivity contribution in [2.45, 2.75) is 0 Å². The van der Waals surface area contributed by atoms with Crippen LogP contribution in [0.15, 0.2) is 67.1 Å². The SMILES string of the molecule is COCCN(C)CCNC(=O)/C=C/c1cn(-c2ccccc2)nc1-c1cccnc1. The maximum atomic E-state index is 12.3. The summed E-state index contributed by atoms with van der Waals surface area (Å²) in [5.74, 6) is -0.139. The normalized spacial score (nSPS) is 11.3. The topological polar surface area (TPSA) is 72.3 Å². The number of para-hydroxylation sites is 1. The van der Waals surface area contributed by atoms with Gasteiger partial charge in [0.15, 0.2) is 0 Å². The minimum absolute atomic E-state index is 0.139. The lowest BCUT2D eigenvalue weighted by molar-refractivity contribution is -0.116. The molecular formula is C23H27N5O2. The van der Waals surface area contributed by atoms with E-state index in [1.54, 1.807) is 31.7 Å². The van der Waals surface area contributed by atoms with Crippen molar-refractivity contribution in [3.63, 3.8) is 0 Å². The second kappa shape index (κ2) is 11.0. The molecule has 7 nitrogen and oxygen atoms in total. The van der Waals surface area contributed by atoms with E-state index < -0.39 is 0 Å². The van der Waals surface area contributed by atoms with Crippen LogP contribution >= 0.6 is 0 Å². The number of amides is 1. The highest BCUT2D eigenvalue weighted by Crippen LogP contribution is 2.24. The Morgan fingerprint density at radius 2 is 2.03 bits per heavy atom. The highest BCUT2D eigenvalue weighted by molar-refractivity contribution is 5.92. The second-order valence-corrected chi connectivity index (χ2v) is 6.88. The van der Waals surface area contributed by atoms with E-state index in [-0.39, 0.29) is 5.91 Å². The van der Waals surface area contributed by atoms with Gasteiger partial charge in [0.05, 0.1) is 12.3 Å². The molecular weight excluding hydrogens is 378 g/mol. The molecule has 2 heterocycles. The predicted octanol–water partition coefficient (Wildman–Crippen LogP) is 2.64. The summed E-state index contributed by atoms with van der Waals surface area (Å²) >= 11 is 0. The van der Waals surface area contributed by atoms with Crippen molar-refractivity contribution in [1.82, 2.24) is 25.0 Å². The van der Waals surface area contributed by atoms with Crippen LogP contribution in [0.3, 0.4) is 0 Å². The fraction of sp³-hybridized carbons (Fsp3) is 0.261. The molecule has 1 amide bonds. The molecule has 2 aromatic heterocycles. The van der Waals surface area contributed by atoms with Gasteiger partial charge in [0, 0.05) is 62.5 Å². The maximum Gasteiger partial charge on any atom is 0.244 e. The molecule has 0 saturated heterocycles. The summed E-state index contributed by atoms with van der Waals surface area (Å²) in [5, 5.41) is 7.63. The molecule has 0 fully saturated rings. The Hall–Kier alpha value is -3.29. The minimum Gasteiger partial charge on any atom is -0.383 e. The zero-order chi connectivity index (χ0) is 21.2. The molecule has 3 aromatic rings. The molecule has 0 atom stereocenters. The number of benzene rings is 1. The zero-order valence-corrected chi connectivity index (χ0v) is 17.4. The van der Waals surface area contributed by atoms with E-state index in [2.05, 4.69) is 15.2 Å². The van der Waals surface area contributed by atoms with Crippen LogP contribution in [-0.4, -0.2) is 66.0 Å². The Labute approximate surface area is 177 Å². The van der Waals surface area contributed by atoms with Gasteiger partial charge in [0.2, 0.25) is 5.91 Å². The molecule has 1 N–H and O–H groups in total. The fourth-order valence-electron chi connectivity index (χ4n) is 2.90. The number of rotatable bonds is 10. The number of hydrogen-bond donors (Lipinski definition) is 1. The van der Waals surface area contributed by atoms with Crippen LogP contribution in [0, 0.1) is 0 Å². The number of nitrogens with one attached hydrogen (secondary N) is 1. The van der Waals surface area contributed by atoms with Crippen molar-refractivity contribution in [2.75, 3.05) is 40.4 Å². The molecule has 1 aromatic carbocycles. The Kier molecular flexibility index (Phi) is 7.88. The summed E-state index contributed by atoms with van der Waals surface area (Å²) in [6.45, 7) is 2.83. The van der Waals surface area contributed by atoms with Crippen molar-refractivity contribution in [2.24, 2.45) is 0 Å². The third kappa shape index (κ3) is 6.10. The monoisotopic (exact) mass is 405 g/mol. The van der Waals surface area contributed by atoms with Crippen molar-refractivity contribution < 1.29 is 9.53 Å². The van der Waals surface area contributed by atoms with Crippen LogP contribution in [0.4, 0.5) is 0 Å². The van der Waals surface area contributed by atoms with Crippen molar-refractivity contribution >= 4 is 12.0 Å². The number of pyridine rings is 1. The number of hydrogen-bond acceptors (Lipinski definition) is 5. The Morgan fingerprint density at radius 1 is 1.20 bits per heavy atom. The van der Waals surface area contributed by atoms with E-state index in [9.17, 15) is 4.79 Å². The molecule has 0 spiro atoms. The lowest BCUT2D eigenvalue weighted by Gasteiger charge is -2.15. The summed E-state index contributed by atoms with van der Waals surface area (Å²) < 4.78 is 6.87. The van der Waals surface area contributed by atoms with E-state index in [4.69, 9.17) is 9.84 Å². The van der Waals surface area contributed by atoms with Crippen LogP contribution in [0.25, 0.3) is 23.0 Å². The van der Waals surface area contributed by atoms with Gasteiger partial charge in [0.25, 0.3) is 0 Å². The second-order valence-electron chi connectivity index (χ2n) is 6.88. The number of ether oxygens (including phenoxy) is 1. The first kappa shape index (κ1) is 21.4. The summed E-state index contributed by atoms with van der Waals surface area (Å²) in [4.78, 5) is 18.6. The predicted molar refractivity (Wildman–Crippen MR) is 118 cm³/mol. The first-order chi connectivity index (χ1) is 14.7. The number of carbonyl (C=O) groups is 1. The summed E-state index contributed by atoms with van der Waals surface area (Å²) in [6.07, 6.45) is 8.75. The number of aromatic nitrogens is 3. The van der Waals surface area contributed by atoms with E-state index >= 15 is 0 Å². The third-order valence-electron chi connectivity index (χ3n) is 4.58. The van der Waals surface area contributed by atoms with Crippen LogP contribution in [0.2, 0.25) is 0 Å². The molecule has 0 saturated carbocycles. The molecule has 0 aliphatic heterocycles. The van der Waals surface area contributed by atoms with Gasteiger partial charge < -0.3 is 15.0 Å². The standard InChI is InChI=1S/C23H27N5O2/c1-27(15-16-30-2)14-13-25-22(29)11-10-20-18-28(21-8-4-3-5-9-21)26-23(20)19-7-6-12-24-17-19/h3-12,17-18H,13-16H2,1-2H3,(H,25,29)/b11-10+. The highest BCUT2D eigenvalue weighted by atomic mass is 16.5.